The number of benzene rings is 1. The van der Waals surface area contributed by atoms with Gasteiger partial charge in [-0.2, -0.15) is 13.2 Å². The summed E-state index contributed by atoms with van der Waals surface area (Å²) in [5.41, 5.74) is -2.33. The van der Waals surface area contributed by atoms with Crippen LogP contribution < -0.4 is 10.5 Å². The summed E-state index contributed by atoms with van der Waals surface area (Å²) in [6.07, 6.45) is -5.45. The standard InChI is InChI=1S/C21H20F3N3O3/c1-20(2,3)30-19(29)26(4)15-12-17(28)27(13-8-6-5-7-9-13)18-14(15)10-11-16(25-18)21(22,23)24/h5-12H,1-4H3. The lowest BCUT2D eigenvalue weighted by Crippen LogP contribution is -2.35. The summed E-state index contributed by atoms with van der Waals surface area (Å²) in [6, 6.07) is 11.4. The third kappa shape index (κ3) is 4.29. The fourth-order valence-electron chi connectivity index (χ4n) is 2.87. The van der Waals surface area contributed by atoms with Crippen LogP contribution in [0.4, 0.5) is 23.7 Å². The van der Waals surface area contributed by atoms with Gasteiger partial charge in [0.1, 0.15) is 16.9 Å². The third-order valence-corrected chi connectivity index (χ3v) is 4.18. The second-order valence-electron chi connectivity index (χ2n) is 7.64. The zero-order chi connectivity index (χ0) is 22.3. The van der Waals surface area contributed by atoms with Crippen LogP contribution in [0.3, 0.4) is 0 Å². The Morgan fingerprint density at radius 2 is 1.70 bits per heavy atom. The summed E-state index contributed by atoms with van der Waals surface area (Å²) in [5, 5.41) is 0.194. The molecule has 0 bridgehead atoms. The molecule has 0 saturated heterocycles. The number of amides is 1. The first-order valence-corrected chi connectivity index (χ1v) is 9.04. The van der Waals surface area contributed by atoms with Crippen LogP contribution in [0.5, 0.6) is 0 Å². The molecule has 3 aromatic rings. The molecule has 1 aromatic carbocycles. The van der Waals surface area contributed by atoms with Crippen molar-refractivity contribution < 1.29 is 22.7 Å². The Morgan fingerprint density at radius 3 is 2.27 bits per heavy atom. The van der Waals surface area contributed by atoms with Gasteiger partial charge in [0.25, 0.3) is 5.56 Å². The molecule has 0 aliphatic heterocycles. The Kier molecular flexibility index (Phi) is 5.32. The monoisotopic (exact) mass is 419 g/mol. The molecule has 9 heteroatoms. The molecule has 2 heterocycles. The van der Waals surface area contributed by atoms with Crippen molar-refractivity contribution >= 4 is 22.8 Å². The van der Waals surface area contributed by atoms with Crippen molar-refractivity contribution in [1.29, 1.82) is 0 Å². The van der Waals surface area contributed by atoms with E-state index < -0.39 is 29.1 Å². The van der Waals surface area contributed by atoms with Crippen LogP contribution in [-0.2, 0) is 10.9 Å². The van der Waals surface area contributed by atoms with Crippen molar-refractivity contribution in [1.82, 2.24) is 9.55 Å². The minimum Gasteiger partial charge on any atom is -0.443 e. The van der Waals surface area contributed by atoms with E-state index in [4.69, 9.17) is 4.74 Å². The van der Waals surface area contributed by atoms with Gasteiger partial charge < -0.3 is 4.74 Å². The number of hydrogen-bond acceptors (Lipinski definition) is 4. The van der Waals surface area contributed by atoms with Gasteiger partial charge in [0.15, 0.2) is 0 Å². The van der Waals surface area contributed by atoms with Gasteiger partial charge in [-0.05, 0) is 45.0 Å². The van der Waals surface area contributed by atoms with E-state index in [0.717, 1.165) is 15.5 Å². The van der Waals surface area contributed by atoms with Gasteiger partial charge in [-0.3, -0.25) is 14.3 Å². The van der Waals surface area contributed by atoms with Crippen molar-refractivity contribution in [3.8, 4) is 5.69 Å². The fourth-order valence-corrected chi connectivity index (χ4v) is 2.87. The number of carbonyl (C=O) groups is 1. The van der Waals surface area contributed by atoms with Crippen molar-refractivity contribution in [3.05, 3.63) is 64.6 Å². The molecule has 0 aliphatic carbocycles. The van der Waals surface area contributed by atoms with Crippen LogP contribution in [0, 0.1) is 0 Å². The minimum absolute atomic E-state index is 0.0951. The van der Waals surface area contributed by atoms with E-state index in [2.05, 4.69) is 4.98 Å². The molecule has 0 spiro atoms. The molecule has 0 radical (unpaired) electrons. The minimum atomic E-state index is -4.70. The van der Waals surface area contributed by atoms with Gasteiger partial charge >= 0.3 is 12.3 Å². The Bertz CT molecular complexity index is 1150. The number of halogens is 3. The molecule has 158 valence electrons. The summed E-state index contributed by atoms with van der Waals surface area (Å²) in [4.78, 5) is 30.2. The Hall–Kier alpha value is -3.36. The maximum absolute atomic E-state index is 13.3. The van der Waals surface area contributed by atoms with Crippen molar-refractivity contribution in [2.45, 2.75) is 32.5 Å². The largest absolute Gasteiger partial charge is 0.443 e. The van der Waals surface area contributed by atoms with E-state index in [9.17, 15) is 22.8 Å². The molecule has 2 aromatic heterocycles. The van der Waals surface area contributed by atoms with Crippen LogP contribution in [0.25, 0.3) is 16.7 Å². The lowest BCUT2D eigenvalue weighted by atomic mass is 10.2. The molecular weight excluding hydrogens is 399 g/mol. The van der Waals surface area contributed by atoms with Gasteiger partial charge in [-0.15, -0.1) is 0 Å². The number of hydrogen-bond donors (Lipinski definition) is 0. The number of nitrogens with zero attached hydrogens (tertiary/aromatic N) is 3. The summed E-state index contributed by atoms with van der Waals surface area (Å²) >= 11 is 0. The normalized spacial score (nSPS) is 12.1. The molecule has 6 nitrogen and oxygen atoms in total. The molecule has 30 heavy (non-hydrogen) atoms. The lowest BCUT2D eigenvalue weighted by molar-refractivity contribution is -0.141. The quantitative estimate of drug-likeness (QED) is 0.600. The van der Waals surface area contributed by atoms with Crippen LogP contribution >= 0.6 is 0 Å². The number of pyridine rings is 2. The highest BCUT2D eigenvalue weighted by Crippen LogP contribution is 2.32. The maximum Gasteiger partial charge on any atom is 0.433 e. The average molecular weight is 419 g/mol. The summed E-state index contributed by atoms with van der Waals surface area (Å²) in [6.45, 7) is 5.05. The summed E-state index contributed by atoms with van der Waals surface area (Å²) in [5.74, 6) is 0. The zero-order valence-corrected chi connectivity index (χ0v) is 16.8. The average Bonchev–Trinajstić information content (AvgIpc) is 2.65. The maximum atomic E-state index is 13.3. The first-order chi connectivity index (χ1) is 13.9. The molecule has 0 unspecified atom stereocenters. The highest BCUT2D eigenvalue weighted by atomic mass is 19.4. The smallest absolute Gasteiger partial charge is 0.433 e. The highest BCUT2D eigenvalue weighted by Gasteiger charge is 2.33. The second kappa shape index (κ2) is 7.47. The Morgan fingerprint density at radius 1 is 1.07 bits per heavy atom. The van der Waals surface area contributed by atoms with E-state index in [-0.39, 0.29) is 16.7 Å². The predicted molar refractivity (Wildman–Crippen MR) is 107 cm³/mol. The van der Waals surface area contributed by atoms with Gasteiger partial charge in [0.05, 0.1) is 11.4 Å². The van der Waals surface area contributed by atoms with Gasteiger partial charge in [0.2, 0.25) is 0 Å². The number of para-hydroxylation sites is 1. The highest BCUT2D eigenvalue weighted by molar-refractivity contribution is 5.99. The molecular formula is C21H20F3N3O3. The number of aromatic nitrogens is 2. The Labute approximate surface area is 170 Å². The summed E-state index contributed by atoms with van der Waals surface area (Å²) in [7, 11) is 1.38. The van der Waals surface area contributed by atoms with Crippen molar-refractivity contribution in [2.75, 3.05) is 11.9 Å². The molecule has 0 saturated carbocycles. The van der Waals surface area contributed by atoms with Crippen LogP contribution in [-0.4, -0.2) is 28.3 Å². The number of carbonyl (C=O) groups excluding carboxylic acids is 1. The number of ether oxygens (including phenoxy) is 1. The van der Waals surface area contributed by atoms with E-state index in [1.165, 1.54) is 19.2 Å². The van der Waals surface area contributed by atoms with Gasteiger partial charge in [0, 0.05) is 18.5 Å². The van der Waals surface area contributed by atoms with Crippen molar-refractivity contribution in [3.63, 3.8) is 0 Å². The summed E-state index contributed by atoms with van der Waals surface area (Å²) < 4.78 is 46.3. The number of alkyl halides is 3. The SMILES string of the molecule is CN(C(=O)OC(C)(C)C)c1cc(=O)n(-c2ccccc2)c2nc(C(F)(F)F)ccc12. The van der Waals surface area contributed by atoms with E-state index in [1.54, 1.807) is 51.1 Å². The van der Waals surface area contributed by atoms with Crippen LogP contribution in [0.15, 0.2) is 53.3 Å². The topological polar surface area (TPSA) is 64.4 Å². The van der Waals surface area contributed by atoms with Crippen LogP contribution in [0.2, 0.25) is 0 Å². The first kappa shape index (κ1) is 21.4. The zero-order valence-electron chi connectivity index (χ0n) is 16.8. The number of rotatable bonds is 2. The second-order valence-corrected chi connectivity index (χ2v) is 7.64. The molecule has 0 N–H and O–H groups in total. The number of fused-ring (bicyclic) bond motifs is 1. The first-order valence-electron chi connectivity index (χ1n) is 9.04. The molecule has 1 amide bonds. The molecule has 0 atom stereocenters. The van der Waals surface area contributed by atoms with Crippen LogP contribution in [0.1, 0.15) is 26.5 Å². The van der Waals surface area contributed by atoms with Gasteiger partial charge in [-0.25, -0.2) is 9.78 Å². The third-order valence-electron chi connectivity index (χ3n) is 4.18. The van der Waals surface area contributed by atoms with Crippen molar-refractivity contribution in [2.24, 2.45) is 0 Å². The predicted octanol–water partition coefficient (Wildman–Crippen LogP) is 4.78. The lowest BCUT2D eigenvalue weighted by Gasteiger charge is -2.25. The van der Waals surface area contributed by atoms with E-state index >= 15 is 0 Å². The molecule has 0 aliphatic rings. The van der Waals surface area contributed by atoms with Gasteiger partial charge in [-0.1, -0.05) is 18.2 Å². The van der Waals surface area contributed by atoms with E-state index in [0.29, 0.717) is 5.69 Å². The molecule has 0 fully saturated rings. The Balaban J connectivity index is 2.29. The van der Waals surface area contributed by atoms with E-state index in [1.807, 2.05) is 0 Å². The fraction of sp³-hybridized carbons (Fsp3) is 0.286. The molecule has 3 rings (SSSR count). The number of anilines is 1.